The summed E-state index contributed by atoms with van der Waals surface area (Å²) in [7, 11) is 0. The van der Waals surface area contributed by atoms with Crippen molar-refractivity contribution in [3.05, 3.63) is 118 Å². The van der Waals surface area contributed by atoms with Gasteiger partial charge in [-0.25, -0.2) is 0 Å². The van der Waals surface area contributed by atoms with Crippen molar-refractivity contribution >= 4 is 62.9 Å². The molecule has 2 aliphatic carbocycles. The maximum atomic E-state index is 2.95. The van der Waals surface area contributed by atoms with E-state index in [-0.39, 0.29) is 34.0 Å². The molecule has 4 unspecified atom stereocenters. The van der Waals surface area contributed by atoms with Crippen molar-refractivity contribution in [2.75, 3.05) is 14.7 Å². The van der Waals surface area contributed by atoms with Crippen molar-refractivity contribution in [2.45, 2.75) is 155 Å². The van der Waals surface area contributed by atoms with E-state index in [0.717, 1.165) is 0 Å². The van der Waals surface area contributed by atoms with Crippen LogP contribution in [0.5, 0.6) is 0 Å². The van der Waals surface area contributed by atoms with E-state index in [2.05, 4.69) is 170 Å². The summed E-state index contributed by atoms with van der Waals surface area (Å²) in [6.07, 6.45) is 9.98. The lowest BCUT2D eigenvalue weighted by Crippen LogP contribution is -2.65. The van der Waals surface area contributed by atoms with Gasteiger partial charge in [-0.1, -0.05) is 108 Å². The molecule has 0 spiro atoms. The predicted octanol–water partition coefficient (Wildman–Crippen LogP) is 12.3. The zero-order valence-electron chi connectivity index (χ0n) is 37.1. The Hall–Kier alpha value is -4.44. The van der Waals surface area contributed by atoms with Gasteiger partial charge in [0.2, 0.25) is 0 Å². The minimum absolute atomic E-state index is 0.0340. The highest BCUT2D eigenvalue weighted by molar-refractivity contribution is 7.00. The highest BCUT2D eigenvalue weighted by Crippen LogP contribution is 2.65. The lowest BCUT2D eigenvalue weighted by atomic mass is 9.32. The SMILES string of the molecule is Cc1cccc(N2c3cc(C)ccc3B3c4c2cc(N2c5ccc(C(C)(C)C)cc5C5(C)CCCCC25C)cc4N2c4c3c(C)cc(C)c4C3(C)CCCCC23C)c1. The van der Waals surface area contributed by atoms with Crippen LogP contribution < -0.4 is 31.1 Å². The summed E-state index contributed by atoms with van der Waals surface area (Å²) in [6, 6.07) is 32.0. The fourth-order valence-corrected chi connectivity index (χ4v) is 13.9. The maximum Gasteiger partial charge on any atom is 0.252 e. The number of hydrogen-bond acceptors (Lipinski definition) is 3. The molecule has 3 nitrogen and oxygen atoms in total. The standard InChI is InChI=1S/C54H62BN3/c1-33-17-16-18-38(27-33)56-43-28-34(2)19-21-41(43)55-47-36(4)29-35(3)46-49(47)58(54(11)26-15-13-24-52(46,54)9)45-32-39(31-44(56)48(45)55)57-42-22-20-37(50(5,6)7)30-40(42)51(8)23-12-14-25-53(51,57)10/h16-22,27-32H,12-15,23-26H2,1-11H3. The predicted molar refractivity (Wildman–Crippen MR) is 249 cm³/mol. The first-order valence-electron chi connectivity index (χ1n) is 22.6. The van der Waals surface area contributed by atoms with Gasteiger partial charge in [0, 0.05) is 50.6 Å². The van der Waals surface area contributed by atoms with Gasteiger partial charge in [0.15, 0.2) is 0 Å². The van der Waals surface area contributed by atoms with Gasteiger partial charge >= 0.3 is 0 Å². The summed E-state index contributed by atoms with van der Waals surface area (Å²) in [4.78, 5) is 8.46. The van der Waals surface area contributed by atoms with E-state index in [0.29, 0.717) is 0 Å². The highest BCUT2D eigenvalue weighted by atomic mass is 15.3. The highest BCUT2D eigenvalue weighted by Gasteiger charge is 2.63. The van der Waals surface area contributed by atoms with Gasteiger partial charge in [-0.05, 0) is 159 Å². The quantitative estimate of drug-likeness (QED) is 0.163. The summed E-state index contributed by atoms with van der Waals surface area (Å²) in [5.74, 6) is 0. The third-order valence-corrected chi connectivity index (χ3v) is 17.2. The Bertz CT molecular complexity index is 2610. The maximum absolute atomic E-state index is 2.95. The van der Waals surface area contributed by atoms with Gasteiger partial charge in [0.1, 0.15) is 0 Å². The minimum atomic E-state index is -0.0546. The molecule has 296 valence electrons. The van der Waals surface area contributed by atoms with Crippen LogP contribution in [0.2, 0.25) is 0 Å². The number of aryl methyl sites for hydroxylation is 4. The summed E-state index contributed by atoms with van der Waals surface area (Å²) < 4.78 is 0. The third-order valence-electron chi connectivity index (χ3n) is 17.2. The van der Waals surface area contributed by atoms with Crippen LogP contribution in [-0.2, 0) is 16.2 Å². The molecule has 4 heteroatoms. The van der Waals surface area contributed by atoms with Gasteiger partial charge in [0.25, 0.3) is 6.71 Å². The molecule has 2 saturated carbocycles. The largest absolute Gasteiger partial charge is 0.335 e. The summed E-state index contributed by atoms with van der Waals surface area (Å²) in [6.45, 7) is 27.1. The molecule has 0 radical (unpaired) electrons. The topological polar surface area (TPSA) is 9.72 Å². The molecule has 0 amide bonds. The van der Waals surface area contributed by atoms with E-state index in [1.807, 2.05) is 0 Å². The van der Waals surface area contributed by atoms with Crippen molar-refractivity contribution in [1.82, 2.24) is 0 Å². The average molecular weight is 764 g/mol. The molecule has 58 heavy (non-hydrogen) atoms. The van der Waals surface area contributed by atoms with Crippen LogP contribution in [0.3, 0.4) is 0 Å². The zero-order chi connectivity index (χ0) is 40.5. The fraction of sp³-hybridized carbons (Fsp3) is 0.444. The Morgan fingerprint density at radius 3 is 1.95 bits per heavy atom. The molecule has 2 fully saturated rings. The monoisotopic (exact) mass is 764 g/mol. The first-order valence-corrected chi connectivity index (χ1v) is 22.6. The van der Waals surface area contributed by atoms with E-state index in [9.17, 15) is 0 Å². The lowest BCUT2D eigenvalue weighted by molar-refractivity contribution is 0.193. The van der Waals surface area contributed by atoms with Gasteiger partial charge in [0.05, 0.1) is 11.1 Å². The second kappa shape index (κ2) is 11.6. The van der Waals surface area contributed by atoms with Crippen molar-refractivity contribution in [2.24, 2.45) is 0 Å². The van der Waals surface area contributed by atoms with Crippen LogP contribution in [0, 0.1) is 27.7 Å². The molecular formula is C54H62BN3. The molecular weight excluding hydrogens is 701 g/mol. The molecule has 5 aromatic carbocycles. The van der Waals surface area contributed by atoms with Crippen LogP contribution in [0.25, 0.3) is 0 Å². The Morgan fingerprint density at radius 2 is 1.22 bits per heavy atom. The molecule has 0 aromatic heterocycles. The fourth-order valence-electron chi connectivity index (χ4n) is 13.9. The zero-order valence-corrected chi connectivity index (χ0v) is 37.1. The molecule has 6 aliphatic rings. The minimum Gasteiger partial charge on any atom is -0.335 e. The summed E-state index contributed by atoms with van der Waals surface area (Å²) in [5, 5.41) is 0. The van der Waals surface area contributed by atoms with Crippen LogP contribution in [0.1, 0.15) is 139 Å². The molecule has 11 rings (SSSR count). The Kier molecular flexibility index (Phi) is 7.35. The van der Waals surface area contributed by atoms with E-state index in [1.54, 1.807) is 16.6 Å². The summed E-state index contributed by atoms with van der Waals surface area (Å²) >= 11 is 0. The Morgan fingerprint density at radius 1 is 0.552 bits per heavy atom. The second-order valence-electron chi connectivity index (χ2n) is 21.5. The van der Waals surface area contributed by atoms with E-state index < -0.39 is 0 Å². The Balaban J connectivity index is 1.28. The number of anilines is 7. The first kappa shape index (κ1) is 36.6. The van der Waals surface area contributed by atoms with E-state index >= 15 is 0 Å². The van der Waals surface area contributed by atoms with Gasteiger partial charge in [-0.3, -0.25) is 0 Å². The first-order chi connectivity index (χ1) is 27.5. The number of rotatable bonds is 2. The molecule has 0 bridgehead atoms. The molecule has 0 saturated heterocycles. The number of hydrogen-bond donors (Lipinski definition) is 0. The van der Waals surface area contributed by atoms with Crippen LogP contribution in [0.4, 0.5) is 39.8 Å². The van der Waals surface area contributed by atoms with Gasteiger partial charge < -0.3 is 14.7 Å². The average Bonchev–Trinajstić information content (AvgIpc) is 3.52. The van der Waals surface area contributed by atoms with Crippen LogP contribution in [-0.4, -0.2) is 17.8 Å². The van der Waals surface area contributed by atoms with Gasteiger partial charge in [-0.15, -0.1) is 0 Å². The molecule has 4 atom stereocenters. The number of benzene rings is 5. The van der Waals surface area contributed by atoms with Crippen molar-refractivity contribution in [3.63, 3.8) is 0 Å². The smallest absolute Gasteiger partial charge is 0.252 e. The number of nitrogens with zero attached hydrogens (tertiary/aromatic N) is 3. The van der Waals surface area contributed by atoms with Crippen LogP contribution in [0.15, 0.2) is 78.9 Å². The van der Waals surface area contributed by atoms with E-state index in [1.165, 1.54) is 130 Å². The van der Waals surface area contributed by atoms with Crippen LogP contribution >= 0.6 is 0 Å². The molecule has 4 heterocycles. The van der Waals surface area contributed by atoms with Crippen molar-refractivity contribution in [3.8, 4) is 0 Å². The molecule has 4 aliphatic heterocycles. The normalized spacial score (nSPS) is 27.5. The third kappa shape index (κ3) is 4.38. The second-order valence-corrected chi connectivity index (χ2v) is 21.5. The van der Waals surface area contributed by atoms with Crippen molar-refractivity contribution < 1.29 is 0 Å². The summed E-state index contributed by atoms with van der Waals surface area (Å²) in [5.41, 5.74) is 24.4. The lowest BCUT2D eigenvalue weighted by Gasteiger charge is -2.54. The van der Waals surface area contributed by atoms with Gasteiger partial charge in [-0.2, -0.15) is 0 Å². The Labute approximate surface area is 348 Å². The van der Waals surface area contributed by atoms with E-state index in [4.69, 9.17) is 0 Å². The van der Waals surface area contributed by atoms with Crippen molar-refractivity contribution in [1.29, 1.82) is 0 Å². The molecule has 0 N–H and O–H groups in total. The molecule has 5 aromatic rings. The number of fused-ring (bicyclic) bond motifs is 10.